The summed E-state index contributed by atoms with van der Waals surface area (Å²) in [5.74, 6) is -1.85. The number of hydrogen-bond donors (Lipinski definition) is 3. The van der Waals surface area contributed by atoms with Crippen LogP contribution in [0.15, 0.2) is 24.8 Å². The van der Waals surface area contributed by atoms with Gasteiger partial charge in [0, 0.05) is 23.0 Å². The number of benzene rings is 1. The van der Waals surface area contributed by atoms with Crippen molar-refractivity contribution in [3.05, 3.63) is 35.9 Å². The molecule has 0 saturated heterocycles. The Bertz CT molecular complexity index is 511. The Hall–Kier alpha value is -2.50. The van der Waals surface area contributed by atoms with Gasteiger partial charge in [-0.2, -0.15) is 0 Å². The molecule has 0 radical (unpaired) electrons. The maximum Gasteiger partial charge on any atom is 0.336 e. The number of ether oxygens (including phenoxy) is 1. The second-order valence-electron chi connectivity index (χ2n) is 3.66. The Morgan fingerprint density at radius 1 is 1.44 bits per heavy atom. The minimum atomic E-state index is -1.19. The molecule has 96 valence electrons. The maximum absolute atomic E-state index is 11.1. The summed E-state index contributed by atoms with van der Waals surface area (Å²) >= 11 is 0. The highest BCUT2D eigenvalue weighted by molar-refractivity contribution is 5.93. The first-order chi connectivity index (χ1) is 8.36. The van der Waals surface area contributed by atoms with E-state index in [-0.39, 0.29) is 22.5 Å². The van der Waals surface area contributed by atoms with Crippen molar-refractivity contribution in [2.75, 3.05) is 11.5 Å². The van der Waals surface area contributed by atoms with E-state index in [0.717, 1.165) is 6.08 Å². The Morgan fingerprint density at radius 2 is 2.06 bits per heavy atom. The summed E-state index contributed by atoms with van der Waals surface area (Å²) in [6, 6.07) is 2.69. The van der Waals surface area contributed by atoms with Crippen molar-refractivity contribution < 1.29 is 19.4 Å². The predicted octanol–water partition coefficient (Wildman–Crippen LogP) is 1.34. The van der Waals surface area contributed by atoms with Gasteiger partial charge in [0.2, 0.25) is 0 Å². The van der Waals surface area contributed by atoms with Crippen LogP contribution in [-0.4, -0.2) is 17.0 Å². The van der Waals surface area contributed by atoms with Crippen LogP contribution in [0.2, 0.25) is 0 Å². The molecule has 0 fully saturated rings. The first-order valence-corrected chi connectivity index (χ1v) is 5.12. The van der Waals surface area contributed by atoms with Gasteiger partial charge in [-0.3, -0.25) is 0 Å². The number of carboxylic acids is 1. The van der Waals surface area contributed by atoms with Gasteiger partial charge in [-0.05, 0) is 19.1 Å². The molecule has 1 rings (SSSR count). The molecule has 6 heteroatoms. The molecule has 0 aliphatic heterocycles. The van der Waals surface area contributed by atoms with Crippen LogP contribution in [0, 0.1) is 0 Å². The number of hydrogen-bond acceptors (Lipinski definition) is 5. The highest BCUT2D eigenvalue weighted by Crippen LogP contribution is 2.29. The molecule has 0 amide bonds. The number of rotatable bonds is 4. The number of aromatic carboxylic acids is 1. The third-order valence-electron chi connectivity index (χ3n) is 2.33. The quantitative estimate of drug-likeness (QED) is 0.422. The van der Waals surface area contributed by atoms with Crippen LogP contribution in [0.1, 0.15) is 28.9 Å². The predicted molar refractivity (Wildman–Crippen MR) is 66.9 cm³/mol. The smallest absolute Gasteiger partial charge is 0.336 e. The van der Waals surface area contributed by atoms with Crippen molar-refractivity contribution in [3.63, 3.8) is 0 Å². The zero-order valence-electron chi connectivity index (χ0n) is 9.84. The largest absolute Gasteiger partial charge is 0.478 e. The number of anilines is 2. The average Bonchev–Trinajstić information content (AvgIpc) is 2.27. The van der Waals surface area contributed by atoms with Crippen molar-refractivity contribution in [2.24, 2.45) is 0 Å². The number of esters is 1. The highest BCUT2D eigenvalue weighted by Gasteiger charge is 2.21. The van der Waals surface area contributed by atoms with Gasteiger partial charge >= 0.3 is 11.9 Å². The molecule has 0 bridgehead atoms. The Morgan fingerprint density at radius 3 is 2.56 bits per heavy atom. The van der Waals surface area contributed by atoms with Crippen molar-refractivity contribution in [1.29, 1.82) is 0 Å². The van der Waals surface area contributed by atoms with Crippen LogP contribution in [0.5, 0.6) is 0 Å². The van der Waals surface area contributed by atoms with E-state index in [1.165, 1.54) is 19.1 Å². The molecular formula is C12H14N2O4. The van der Waals surface area contributed by atoms with Gasteiger partial charge in [0.05, 0.1) is 5.56 Å². The van der Waals surface area contributed by atoms with Crippen LogP contribution < -0.4 is 11.5 Å². The molecular weight excluding hydrogens is 236 g/mol. The summed E-state index contributed by atoms with van der Waals surface area (Å²) in [4.78, 5) is 22.2. The molecule has 0 aliphatic rings. The van der Waals surface area contributed by atoms with Gasteiger partial charge in [0.15, 0.2) is 0 Å². The molecule has 0 saturated carbocycles. The molecule has 0 heterocycles. The van der Waals surface area contributed by atoms with Crippen molar-refractivity contribution in [3.8, 4) is 0 Å². The lowest BCUT2D eigenvalue weighted by Gasteiger charge is -2.17. The molecule has 5 N–H and O–H groups in total. The Kier molecular flexibility index (Phi) is 3.93. The van der Waals surface area contributed by atoms with Gasteiger partial charge in [0.1, 0.15) is 6.10 Å². The van der Waals surface area contributed by atoms with E-state index >= 15 is 0 Å². The second kappa shape index (κ2) is 5.22. The van der Waals surface area contributed by atoms with Gasteiger partial charge < -0.3 is 21.3 Å². The monoisotopic (exact) mass is 250 g/mol. The fourth-order valence-electron chi connectivity index (χ4n) is 1.61. The zero-order valence-corrected chi connectivity index (χ0v) is 9.84. The summed E-state index contributed by atoms with van der Waals surface area (Å²) in [6.45, 7) is 4.78. The summed E-state index contributed by atoms with van der Waals surface area (Å²) in [6.07, 6.45) is 0.187. The third kappa shape index (κ3) is 2.79. The summed E-state index contributed by atoms with van der Waals surface area (Å²) in [5, 5.41) is 9.08. The van der Waals surface area contributed by atoms with E-state index in [0.29, 0.717) is 0 Å². The fourth-order valence-corrected chi connectivity index (χ4v) is 1.61. The lowest BCUT2D eigenvalue weighted by Crippen LogP contribution is -2.14. The van der Waals surface area contributed by atoms with Crippen molar-refractivity contribution >= 4 is 23.3 Å². The van der Waals surface area contributed by atoms with Crippen LogP contribution in [0.4, 0.5) is 11.4 Å². The van der Waals surface area contributed by atoms with Gasteiger partial charge in [0.25, 0.3) is 0 Å². The standard InChI is InChI=1S/C12H14N2O4/c1-3-10(15)18-6(2)11-8(12(16)17)4-7(13)5-9(11)14/h3-6H,1,13-14H2,2H3,(H,16,17). The number of nitrogen functional groups attached to an aromatic ring is 2. The van der Waals surface area contributed by atoms with Gasteiger partial charge in [-0.15, -0.1) is 0 Å². The number of carboxylic acid groups (broad SMARTS) is 1. The van der Waals surface area contributed by atoms with Gasteiger partial charge in [-0.1, -0.05) is 6.58 Å². The van der Waals surface area contributed by atoms with Crippen molar-refractivity contribution in [1.82, 2.24) is 0 Å². The van der Waals surface area contributed by atoms with E-state index in [2.05, 4.69) is 6.58 Å². The number of nitrogens with two attached hydrogens (primary N) is 2. The molecule has 0 spiro atoms. The SMILES string of the molecule is C=CC(=O)OC(C)c1c(N)cc(N)cc1C(=O)O. The molecule has 6 nitrogen and oxygen atoms in total. The van der Waals surface area contributed by atoms with Crippen LogP contribution >= 0.6 is 0 Å². The lowest BCUT2D eigenvalue weighted by atomic mass is 10.00. The highest BCUT2D eigenvalue weighted by atomic mass is 16.5. The topological polar surface area (TPSA) is 116 Å². The van der Waals surface area contributed by atoms with E-state index in [9.17, 15) is 9.59 Å². The van der Waals surface area contributed by atoms with Gasteiger partial charge in [-0.25, -0.2) is 9.59 Å². The molecule has 1 unspecified atom stereocenters. The molecule has 1 aromatic rings. The second-order valence-corrected chi connectivity index (χ2v) is 3.66. The minimum absolute atomic E-state index is 0.0862. The number of carbonyl (C=O) groups excluding carboxylic acids is 1. The molecule has 1 aromatic carbocycles. The first-order valence-electron chi connectivity index (χ1n) is 5.12. The van der Waals surface area contributed by atoms with Crippen LogP contribution in [0.3, 0.4) is 0 Å². The van der Waals surface area contributed by atoms with E-state index in [4.69, 9.17) is 21.3 Å². The number of carbonyl (C=O) groups is 2. The van der Waals surface area contributed by atoms with Crippen LogP contribution in [-0.2, 0) is 9.53 Å². The van der Waals surface area contributed by atoms with E-state index in [1.54, 1.807) is 0 Å². The normalized spacial score (nSPS) is 11.6. The summed E-state index contributed by atoms with van der Waals surface area (Å²) < 4.78 is 4.96. The van der Waals surface area contributed by atoms with Crippen LogP contribution in [0.25, 0.3) is 0 Å². The molecule has 1 atom stereocenters. The Labute approximate surface area is 104 Å². The Balaban J connectivity index is 3.25. The van der Waals surface area contributed by atoms with E-state index < -0.39 is 18.0 Å². The minimum Gasteiger partial charge on any atom is -0.478 e. The molecule has 18 heavy (non-hydrogen) atoms. The molecule has 0 aliphatic carbocycles. The lowest BCUT2D eigenvalue weighted by molar-refractivity contribution is -0.142. The molecule has 0 aromatic heterocycles. The summed E-state index contributed by atoms with van der Waals surface area (Å²) in [5.41, 5.74) is 11.8. The fraction of sp³-hybridized carbons (Fsp3) is 0.167. The average molecular weight is 250 g/mol. The maximum atomic E-state index is 11.1. The van der Waals surface area contributed by atoms with E-state index in [1.807, 2.05) is 0 Å². The first kappa shape index (κ1) is 13.6. The summed E-state index contributed by atoms with van der Waals surface area (Å²) in [7, 11) is 0. The zero-order chi connectivity index (χ0) is 13.9. The van der Waals surface area contributed by atoms with Crippen molar-refractivity contribution in [2.45, 2.75) is 13.0 Å². The third-order valence-corrected chi connectivity index (χ3v) is 2.33.